The van der Waals surface area contributed by atoms with Crippen LogP contribution in [0, 0.1) is 11.8 Å². The summed E-state index contributed by atoms with van der Waals surface area (Å²) in [5.41, 5.74) is 0.520. The lowest BCUT2D eigenvalue weighted by Crippen LogP contribution is -2.59. The second-order valence-corrected chi connectivity index (χ2v) is 11.1. The van der Waals surface area contributed by atoms with E-state index in [0.29, 0.717) is 19.1 Å². The molecule has 0 aromatic heterocycles. The summed E-state index contributed by atoms with van der Waals surface area (Å²) in [6, 6.07) is 0. The number of likely N-dealkylation sites (tertiary alicyclic amines) is 1. The molecular formula is C27H48N2O5. The van der Waals surface area contributed by atoms with Gasteiger partial charge in [0.15, 0.2) is 0 Å². The molecule has 1 spiro atoms. The number of rotatable bonds is 11. The number of carbonyl (C=O) groups excluding carboxylic acids is 1. The van der Waals surface area contributed by atoms with E-state index in [4.69, 9.17) is 18.9 Å². The second kappa shape index (κ2) is 11.7. The van der Waals surface area contributed by atoms with E-state index in [9.17, 15) is 4.79 Å². The van der Waals surface area contributed by atoms with Crippen LogP contribution in [0.15, 0.2) is 11.6 Å². The molecule has 0 aromatic carbocycles. The van der Waals surface area contributed by atoms with Crippen LogP contribution in [0.25, 0.3) is 0 Å². The molecule has 3 aliphatic rings. The van der Waals surface area contributed by atoms with Crippen LogP contribution in [0.4, 0.5) is 4.79 Å². The fourth-order valence-electron chi connectivity index (χ4n) is 5.94. The quantitative estimate of drug-likeness (QED) is 0.320. The third-order valence-electron chi connectivity index (χ3n) is 8.14. The van der Waals surface area contributed by atoms with E-state index in [-0.39, 0.29) is 29.8 Å². The summed E-state index contributed by atoms with van der Waals surface area (Å²) in [7, 11) is 1.71. The Morgan fingerprint density at radius 2 is 1.94 bits per heavy atom. The van der Waals surface area contributed by atoms with Crippen molar-refractivity contribution in [2.24, 2.45) is 11.8 Å². The molecular weight excluding hydrogens is 432 g/mol. The molecule has 34 heavy (non-hydrogen) atoms. The van der Waals surface area contributed by atoms with Crippen LogP contribution in [-0.2, 0) is 18.9 Å². The number of allylic oxidation sites excluding steroid dienone is 1. The van der Waals surface area contributed by atoms with E-state index in [0.717, 1.165) is 58.4 Å². The lowest BCUT2D eigenvalue weighted by atomic mass is 9.68. The zero-order valence-corrected chi connectivity index (χ0v) is 22.6. The average molecular weight is 481 g/mol. The van der Waals surface area contributed by atoms with E-state index < -0.39 is 5.60 Å². The molecule has 1 amide bonds. The predicted octanol–water partition coefficient (Wildman–Crippen LogP) is 4.50. The number of carbonyl (C=O) groups is 1. The van der Waals surface area contributed by atoms with Crippen LogP contribution >= 0.6 is 0 Å². The minimum atomic E-state index is -0.475. The normalized spacial score (nSPS) is 31.2. The van der Waals surface area contributed by atoms with Gasteiger partial charge in [-0.25, -0.2) is 4.79 Å². The summed E-state index contributed by atoms with van der Waals surface area (Å²) in [5, 5.41) is 0. The molecule has 0 unspecified atom stereocenters. The smallest absolute Gasteiger partial charge is 0.410 e. The van der Waals surface area contributed by atoms with Gasteiger partial charge < -0.3 is 28.7 Å². The zero-order chi connectivity index (χ0) is 24.9. The van der Waals surface area contributed by atoms with Gasteiger partial charge in [-0.3, -0.25) is 0 Å². The van der Waals surface area contributed by atoms with Gasteiger partial charge in [0.2, 0.25) is 0 Å². The summed E-state index contributed by atoms with van der Waals surface area (Å²) >= 11 is 0. The van der Waals surface area contributed by atoms with Crippen LogP contribution in [0.1, 0.15) is 67.2 Å². The van der Waals surface area contributed by atoms with Gasteiger partial charge in [-0.2, -0.15) is 0 Å². The molecule has 1 saturated carbocycles. The van der Waals surface area contributed by atoms with Crippen molar-refractivity contribution in [2.45, 2.75) is 90.6 Å². The van der Waals surface area contributed by atoms with Crippen molar-refractivity contribution in [1.29, 1.82) is 0 Å². The molecule has 1 aliphatic carbocycles. The molecule has 0 bridgehead atoms. The standard InChI is InChI=1S/C27H48N2O5/c1-8-28(9-2)15-11-21-12-16-29(18-21)25(30)34-22-10-14-27(19-33-27)24(23(22)31-7)26(5,6)32-17-13-20(3)4/h13,21-24H,8-12,14-19H2,1-7H3/t21-,22+,23+,24+,27-/m0/s1. The summed E-state index contributed by atoms with van der Waals surface area (Å²) < 4.78 is 24.4. The van der Waals surface area contributed by atoms with Gasteiger partial charge in [0.25, 0.3) is 0 Å². The van der Waals surface area contributed by atoms with Gasteiger partial charge in [0, 0.05) is 26.1 Å². The second-order valence-electron chi connectivity index (χ2n) is 11.1. The summed E-state index contributed by atoms with van der Waals surface area (Å²) in [5.74, 6) is 0.540. The Kier molecular flexibility index (Phi) is 9.46. The highest BCUT2D eigenvalue weighted by Gasteiger charge is 2.64. The van der Waals surface area contributed by atoms with Crippen molar-refractivity contribution < 1.29 is 23.7 Å². The average Bonchev–Trinajstić information content (AvgIpc) is 3.38. The third kappa shape index (κ3) is 6.54. The first kappa shape index (κ1) is 27.4. The predicted molar refractivity (Wildman–Crippen MR) is 134 cm³/mol. The van der Waals surface area contributed by atoms with Gasteiger partial charge in [0.1, 0.15) is 12.2 Å². The molecule has 0 radical (unpaired) electrons. The highest BCUT2D eigenvalue weighted by atomic mass is 16.6. The van der Waals surface area contributed by atoms with Crippen molar-refractivity contribution in [2.75, 3.05) is 53.0 Å². The van der Waals surface area contributed by atoms with Gasteiger partial charge in [-0.05, 0) is 78.9 Å². The van der Waals surface area contributed by atoms with Crippen molar-refractivity contribution in [1.82, 2.24) is 9.80 Å². The third-order valence-corrected chi connectivity index (χ3v) is 8.14. The highest BCUT2D eigenvalue weighted by molar-refractivity contribution is 5.68. The molecule has 2 aliphatic heterocycles. The Hall–Kier alpha value is -1.15. The van der Waals surface area contributed by atoms with Crippen molar-refractivity contribution >= 4 is 6.09 Å². The fraction of sp³-hybridized carbons (Fsp3) is 0.889. The lowest BCUT2D eigenvalue weighted by molar-refractivity contribution is -0.173. The van der Waals surface area contributed by atoms with Gasteiger partial charge in [0.05, 0.1) is 24.4 Å². The van der Waals surface area contributed by atoms with E-state index in [2.05, 4.69) is 52.5 Å². The van der Waals surface area contributed by atoms with Gasteiger partial charge >= 0.3 is 6.09 Å². The van der Waals surface area contributed by atoms with Crippen molar-refractivity contribution in [3.63, 3.8) is 0 Å². The molecule has 2 heterocycles. The molecule has 0 N–H and O–H groups in total. The summed E-state index contributed by atoms with van der Waals surface area (Å²) in [4.78, 5) is 17.5. The van der Waals surface area contributed by atoms with E-state index in [1.807, 2.05) is 4.90 Å². The van der Waals surface area contributed by atoms with Crippen LogP contribution in [0.2, 0.25) is 0 Å². The van der Waals surface area contributed by atoms with E-state index >= 15 is 0 Å². The number of methoxy groups -OCH3 is 1. The van der Waals surface area contributed by atoms with Gasteiger partial charge in [-0.15, -0.1) is 0 Å². The molecule has 7 heteroatoms. The number of ether oxygens (including phenoxy) is 4. The Morgan fingerprint density at radius 3 is 2.53 bits per heavy atom. The van der Waals surface area contributed by atoms with E-state index in [1.165, 1.54) is 5.57 Å². The Labute approximate surface area is 207 Å². The maximum Gasteiger partial charge on any atom is 0.410 e. The minimum absolute atomic E-state index is 0.0116. The molecule has 5 atom stereocenters. The number of epoxide rings is 1. The van der Waals surface area contributed by atoms with E-state index in [1.54, 1.807) is 7.11 Å². The largest absolute Gasteiger partial charge is 0.443 e. The van der Waals surface area contributed by atoms with Crippen molar-refractivity contribution in [3.8, 4) is 0 Å². The molecule has 7 nitrogen and oxygen atoms in total. The van der Waals surface area contributed by atoms with Crippen LogP contribution < -0.4 is 0 Å². The molecule has 0 aromatic rings. The van der Waals surface area contributed by atoms with Crippen LogP contribution in [0.3, 0.4) is 0 Å². The highest BCUT2D eigenvalue weighted by Crippen LogP contribution is 2.52. The Balaban J connectivity index is 1.60. The molecule has 3 rings (SSSR count). The first-order valence-electron chi connectivity index (χ1n) is 13.3. The first-order valence-corrected chi connectivity index (χ1v) is 13.3. The summed E-state index contributed by atoms with van der Waals surface area (Å²) in [6.07, 6.45) is 5.14. The topological polar surface area (TPSA) is 63.8 Å². The molecule has 196 valence electrons. The Bertz CT molecular complexity index is 697. The maximum atomic E-state index is 13.1. The SMILES string of the molecule is CCN(CC)CC[C@H]1CCN(C(=O)O[C@@H]2CC[C@]3(CO3)[C@@H](C(C)(C)OCC=C(C)C)[C@@H]2OC)C1. The van der Waals surface area contributed by atoms with Crippen molar-refractivity contribution in [3.05, 3.63) is 11.6 Å². The fourth-order valence-corrected chi connectivity index (χ4v) is 5.94. The molecule has 3 fully saturated rings. The minimum Gasteiger partial charge on any atom is -0.443 e. The number of nitrogens with zero attached hydrogens (tertiary/aromatic N) is 2. The first-order chi connectivity index (χ1) is 16.2. The molecule has 2 saturated heterocycles. The summed E-state index contributed by atoms with van der Waals surface area (Å²) in [6.45, 7) is 18.9. The zero-order valence-electron chi connectivity index (χ0n) is 22.6. The number of amides is 1. The van der Waals surface area contributed by atoms with Gasteiger partial charge in [-0.1, -0.05) is 25.5 Å². The monoisotopic (exact) mass is 480 g/mol. The number of hydrogen-bond acceptors (Lipinski definition) is 6. The van der Waals surface area contributed by atoms with Crippen LogP contribution in [-0.4, -0.2) is 92.4 Å². The number of hydrogen-bond donors (Lipinski definition) is 0. The van der Waals surface area contributed by atoms with Crippen LogP contribution in [0.5, 0.6) is 0 Å². The Morgan fingerprint density at radius 1 is 1.24 bits per heavy atom. The lowest BCUT2D eigenvalue weighted by Gasteiger charge is -2.47. The maximum absolute atomic E-state index is 13.1.